The van der Waals surface area contributed by atoms with Crippen molar-refractivity contribution < 1.29 is 9.90 Å². The molecule has 0 fully saturated rings. The number of benzene rings is 1. The Bertz CT molecular complexity index is 552. The normalized spacial score (nSPS) is 10.7. The number of carboxylic acids is 1. The SMILES string of the molecule is CN(Cc1ccc(CC(=O)O)cc1)Cc1cccnc1. The summed E-state index contributed by atoms with van der Waals surface area (Å²) in [5.41, 5.74) is 3.18. The van der Waals surface area contributed by atoms with Gasteiger partial charge in [-0.25, -0.2) is 0 Å². The highest BCUT2D eigenvalue weighted by Crippen LogP contribution is 2.09. The Balaban J connectivity index is 1.91. The second-order valence-corrected chi connectivity index (χ2v) is 4.92. The summed E-state index contributed by atoms with van der Waals surface area (Å²) in [5.74, 6) is -0.800. The molecule has 104 valence electrons. The number of pyridine rings is 1. The molecule has 0 unspecified atom stereocenters. The third-order valence-electron chi connectivity index (χ3n) is 3.01. The molecule has 20 heavy (non-hydrogen) atoms. The van der Waals surface area contributed by atoms with Gasteiger partial charge in [-0.2, -0.15) is 0 Å². The third kappa shape index (κ3) is 4.48. The maximum Gasteiger partial charge on any atom is 0.307 e. The lowest BCUT2D eigenvalue weighted by Gasteiger charge is -2.16. The highest BCUT2D eigenvalue weighted by Gasteiger charge is 2.04. The van der Waals surface area contributed by atoms with Crippen molar-refractivity contribution in [2.45, 2.75) is 19.5 Å². The molecule has 2 aromatic rings. The van der Waals surface area contributed by atoms with E-state index in [2.05, 4.69) is 23.0 Å². The smallest absolute Gasteiger partial charge is 0.307 e. The first-order valence-electron chi connectivity index (χ1n) is 6.50. The molecule has 0 amide bonds. The summed E-state index contributed by atoms with van der Waals surface area (Å²) in [6.07, 6.45) is 3.71. The molecular formula is C16H18N2O2. The number of carbonyl (C=O) groups is 1. The van der Waals surface area contributed by atoms with Crippen LogP contribution in [0.25, 0.3) is 0 Å². The summed E-state index contributed by atoms with van der Waals surface area (Å²) in [6.45, 7) is 1.66. The summed E-state index contributed by atoms with van der Waals surface area (Å²) in [5, 5.41) is 8.73. The molecule has 4 heteroatoms. The van der Waals surface area contributed by atoms with Crippen LogP contribution < -0.4 is 0 Å². The molecule has 0 aliphatic heterocycles. The molecular weight excluding hydrogens is 252 g/mol. The molecule has 1 aromatic carbocycles. The Hall–Kier alpha value is -2.20. The second kappa shape index (κ2) is 6.82. The zero-order chi connectivity index (χ0) is 14.4. The Morgan fingerprint density at radius 2 is 1.75 bits per heavy atom. The fraction of sp³-hybridized carbons (Fsp3) is 0.250. The number of rotatable bonds is 6. The molecule has 1 N–H and O–H groups in total. The van der Waals surface area contributed by atoms with Gasteiger partial charge in [0, 0.05) is 25.5 Å². The van der Waals surface area contributed by atoms with Crippen LogP contribution in [0.3, 0.4) is 0 Å². The number of nitrogens with zero attached hydrogens (tertiary/aromatic N) is 2. The van der Waals surface area contributed by atoms with Gasteiger partial charge in [-0.3, -0.25) is 14.7 Å². The molecule has 1 heterocycles. The zero-order valence-electron chi connectivity index (χ0n) is 11.5. The second-order valence-electron chi connectivity index (χ2n) is 4.92. The molecule has 0 bridgehead atoms. The van der Waals surface area contributed by atoms with Crippen molar-refractivity contribution in [1.29, 1.82) is 0 Å². The lowest BCUT2D eigenvalue weighted by molar-refractivity contribution is -0.136. The topological polar surface area (TPSA) is 53.4 Å². The molecule has 0 atom stereocenters. The van der Waals surface area contributed by atoms with E-state index in [1.54, 1.807) is 6.20 Å². The van der Waals surface area contributed by atoms with Gasteiger partial charge in [-0.1, -0.05) is 30.3 Å². The van der Waals surface area contributed by atoms with E-state index < -0.39 is 5.97 Å². The average Bonchev–Trinajstić information content (AvgIpc) is 2.41. The van der Waals surface area contributed by atoms with Crippen LogP contribution in [0.1, 0.15) is 16.7 Å². The van der Waals surface area contributed by atoms with Crippen LogP contribution in [-0.2, 0) is 24.3 Å². The van der Waals surface area contributed by atoms with Gasteiger partial charge in [0.05, 0.1) is 6.42 Å². The van der Waals surface area contributed by atoms with Gasteiger partial charge < -0.3 is 5.11 Å². The van der Waals surface area contributed by atoms with Crippen molar-refractivity contribution in [3.63, 3.8) is 0 Å². The first-order chi connectivity index (χ1) is 9.63. The number of carboxylic acid groups (broad SMARTS) is 1. The lowest BCUT2D eigenvalue weighted by atomic mass is 10.1. The lowest BCUT2D eigenvalue weighted by Crippen LogP contribution is -2.17. The summed E-state index contributed by atoms with van der Waals surface area (Å²) in [7, 11) is 2.05. The first kappa shape index (κ1) is 14.2. The Kier molecular flexibility index (Phi) is 4.85. The minimum absolute atomic E-state index is 0.0752. The van der Waals surface area contributed by atoms with Gasteiger partial charge in [0.2, 0.25) is 0 Å². The monoisotopic (exact) mass is 270 g/mol. The fourth-order valence-electron chi connectivity index (χ4n) is 2.11. The summed E-state index contributed by atoms with van der Waals surface area (Å²) in [4.78, 5) is 16.9. The van der Waals surface area contributed by atoms with Gasteiger partial charge in [0.25, 0.3) is 0 Å². The van der Waals surface area contributed by atoms with E-state index >= 15 is 0 Å². The minimum Gasteiger partial charge on any atom is -0.481 e. The summed E-state index contributed by atoms with van der Waals surface area (Å²) >= 11 is 0. The summed E-state index contributed by atoms with van der Waals surface area (Å²) in [6, 6.07) is 11.7. The van der Waals surface area contributed by atoms with Crippen LogP contribution in [0, 0.1) is 0 Å². The van der Waals surface area contributed by atoms with Gasteiger partial charge in [0.1, 0.15) is 0 Å². The van der Waals surface area contributed by atoms with Gasteiger partial charge in [-0.15, -0.1) is 0 Å². The van der Waals surface area contributed by atoms with Crippen molar-refractivity contribution in [2.75, 3.05) is 7.05 Å². The van der Waals surface area contributed by atoms with E-state index in [0.717, 1.165) is 18.7 Å². The summed E-state index contributed by atoms with van der Waals surface area (Å²) < 4.78 is 0. The van der Waals surface area contributed by atoms with Crippen LogP contribution in [0.2, 0.25) is 0 Å². The standard InChI is InChI=1S/C16H18N2O2/c1-18(12-15-3-2-8-17-10-15)11-14-6-4-13(5-7-14)9-16(19)20/h2-8,10H,9,11-12H2,1H3,(H,19,20). The fourth-order valence-corrected chi connectivity index (χ4v) is 2.11. The van der Waals surface area contributed by atoms with Crippen molar-refractivity contribution in [1.82, 2.24) is 9.88 Å². The van der Waals surface area contributed by atoms with Crippen molar-refractivity contribution >= 4 is 5.97 Å². The maximum atomic E-state index is 10.6. The third-order valence-corrected chi connectivity index (χ3v) is 3.01. The molecule has 0 aliphatic rings. The Morgan fingerprint density at radius 1 is 1.10 bits per heavy atom. The number of hydrogen-bond donors (Lipinski definition) is 1. The van der Waals surface area contributed by atoms with Gasteiger partial charge >= 0.3 is 5.97 Å². The average molecular weight is 270 g/mol. The van der Waals surface area contributed by atoms with Crippen molar-refractivity contribution in [3.8, 4) is 0 Å². The molecule has 0 spiro atoms. The van der Waals surface area contributed by atoms with E-state index in [1.807, 2.05) is 36.5 Å². The van der Waals surface area contributed by atoms with Crippen LogP contribution >= 0.6 is 0 Å². The highest BCUT2D eigenvalue weighted by atomic mass is 16.4. The molecule has 0 saturated carbocycles. The van der Waals surface area contributed by atoms with Crippen LogP contribution in [0.5, 0.6) is 0 Å². The van der Waals surface area contributed by atoms with Gasteiger partial charge in [0.15, 0.2) is 0 Å². The highest BCUT2D eigenvalue weighted by molar-refractivity contribution is 5.70. The molecule has 0 saturated heterocycles. The molecule has 0 radical (unpaired) electrons. The molecule has 0 aliphatic carbocycles. The predicted molar refractivity (Wildman–Crippen MR) is 77.2 cm³/mol. The predicted octanol–water partition coefficient (Wildman–Crippen LogP) is 2.34. The first-order valence-corrected chi connectivity index (χ1v) is 6.50. The van der Waals surface area contributed by atoms with Crippen molar-refractivity contribution in [3.05, 3.63) is 65.5 Å². The van der Waals surface area contributed by atoms with Gasteiger partial charge in [-0.05, 0) is 29.8 Å². The quantitative estimate of drug-likeness (QED) is 0.875. The maximum absolute atomic E-state index is 10.6. The Labute approximate surface area is 118 Å². The van der Waals surface area contributed by atoms with E-state index in [0.29, 0.717) is 0 Å². The van der Waals surface area contributed by atoms with E-state index in [1.165, 1.54) is 11.1 Å². The minimum atomic E-state index is -0.800. The van der Waals surface area contributed by atoms with E-state index in [4.69, 9.17) is 5.11 Å². The number of hydrogen-bond acceptors (Lipinski definition) is 3. The molecule has 4 nitrogen and oxygen atoms in total. The number of aromatic nitrogens is 1. The largest absolute Gasteiger partial charge is 0.481 e. The zero-order valence-corrected chi connectivity index (χ0v) is 11.5. The Morgan fingerprint density at radius 3 is 2.35 bits per heavy atom. The van der Waals surface area contributed by atoms with Crippen molar-refractivity contribution in [2.24, 2.45) is 0 Å². The van der Waals surface area contributed by atoms with E-state index in [9.17, 15) is 4.79 Å². The van der Waals surface area contributed by atoms with Crippen LogP contribution in [0.4, 0.5) is 0 Å². The molecule has 1 aromatic heterocycles. The van der Waals surface area contributed by atoms with Crippen LogP contribution in [0.15, 0.2) is 48.8 Å². The van der Waals surface area contributed by atoms with Crippen LogP contribution in [-0.4, -0.2) is 28.0 Å². The molecule has 2 rings (SSSR count). The van der Waals surface area contributed by atoms with E-state index in [-0.39, 0.29) is 6.42 Å². The number of aliphatic carboxylic acids is 1.